The van der Waals surface area contributed by atoms with Crippen LogP contribution in [0.4, 0.5) is 0 Å². The average molecular weight is 479 g/mol. The van der Waals surface area contributed by atoms with Gasteiger partial charge in [-0.15, -0.1) is 5.10 Å². The molecule has 10 heteroatoms. The van der Waals surface area contributed by atoms with Crippen LogP contribution in [0.3, 0.4) is 0 Å². The zero-order chi connectivity index (χ0) is 24.9. The van der Waals surface area contributed by atoms with E-state index in [1.54, 1.807) is 27.7 Å². The van der Waals surface area contributed by atoms with Crippen LogP contribution in [0.25, 0.3) is 22.9 Å². The molecule has 5 rings (SSSR count). The van der Waals surface area contributed by atoms with E-state index in [1.165, 1.54) is 6.20 Å². The van der Waals surface area contributed by atoms with E-state index in [-0.39, 0.29) is 5.82 Å². The molecular weight excluding hydrogens is 456 g/mol. The van der Waals surface area contributed by atoms with Crippen LogP contribution < -0.4 is 10.9 Å². The van der Waals surface area contributed by atoms with Gasteiger partial charge in [0, 0.05) is 11.8 Å². The maximum absolute atomic E-state index is 12.9. The van der Waals surface area contributed by atoms with E-state index in [1.807, 2.05) is 73.7 Å². The Morgan fingerprint density at radius 2 is 1.53 bits per heavy atom. The van der Waals surface area contributed by atoms with E-state index in [0.717, 1.165) is 11.3 Å². The molecule has 3 heterocycles. The molecule has 0 fully saturated rings. The fourth-order valence-electron chi connectivity index (χ4n) is 3.75. The van der Waals surface area contributed by atoms with Crippen LogP contribution in [0, 0.1) is 0 Å². The maximum atomic E-state index is 12.9. The molecule has 3 aromatic heterocycles. The van der Waals surface area contributed by atoms with Gasteiger partial charge in [0.25, 0.3) is 5.91 Å². The van der Waals surface area contributed by atoms with Crippen molar-refractivity contribution in [2.24, 2.45) is 0 Å². The second kappa shape index (κ2) is 10.0. The number of aromatic nitrogens is 6. The quantitative estimate of drug-likeness (QED) is 0.362. The minimum absolute atomic E-state index is 0.0853. The molecule has 0 spiro atoms. The standard InChI is InChI=1S/C26H22N8O2/c1-2-21-20(17-28-34(21)22-15-9-10-16-27-22)25(35)30-31-26(36)23-29-24(18-11-5-3-6-12-18)33(32-23)19-13-7-4-8-14-19/h3-17H,2H2,1H3,(H,30,35)(H,31,36). The summed E-state index contributed by atoms with van der Waals surface area (Å²) in [5.41, 5.74) is 7.40. The zero-order valence-electron chi connectivity index (χ0n) is 19.4. The van der Waals surface area contributed by atoms with E-state index in [0.29, 0.717) is 29.3 Å². The van der Waals surface area contributed by atoms with Gasteiger partial charge in [-0.2, -0.15) is 5.10 Å². The number of nitrogens with zero attached hydrogens (tertiary/aromatic N) is 6. The van der Waals surface area contributed by atoms with Gasteiger partial charge in [-0.3, -0.25) is 20.4 Å². The predicted molar refractivity (Wildman–Crippen MR) is 132 cm³/mol. The predicted octanol–water partition coefficient (Wildman–Crippen LogP) is 3.15. The first-order valence-corrected chi connectivity index (χ1v) is 11.3. The molecule has 2 aromatic carbocycles. The number of benzene rings is 2. The van der Waals surface area contributed by atoms with Crippen LogP contribution in [0.1, 0.15) is 33.6 Å². The first kappa shape index (κ1) is 22.7. The Morgan fingerprint density at radius 3 is 2.22 bits per heavy atom. The van der Waals surface area contributed by atoms with E-state index in [2.05, 4.69) is 31.0 Å². The van der Waals surface area contributed by atoms with Gasteiger partial charge in [0.2, 0.25) is 5.82 Å². The number of amides is 2. The highest BCUT2D eigenvalue weighted by atomic mass is 16.2. The molecule has 36 heavy (non-hydrogen) atoms. The third-order valence-electron chi connectivity index (χ3n) is 5.45. The van der Waals surface area contributed by atoms with Gasteiger partial charge < -0.3 is 0 Å². The maximum Gasteiger partial charge on any atom is 0.309 e. The van der Waals surface area contributed by atoms with Crippen LogP contribution in [0.5, 0.6) is 0 Å². The summed E-state index contributed by atoms with van der Waals surface area (Å²) in [5.74, 6) is -0.138. The summed E-state index contributed by atoms with van der Waals surface area (Å²) in [6.45, 7) is 1.91. The van der Waals surface area contributed by atoms with Crippen molar-refractivity contribution < 1.29 is 9.59 Å². The molecule has 0 aliphatic rings. The normalized spacial score (nSPS) is 10.7. The lowest BCUT2D eigenvalue weighted by Crippen LogP contribution is -2.42. The minimum Gasteiger partial charge on any atom is -0.267 e. The third-order valence-corrected chi connectivity index (χ3v) is 5.45. The number of nitrogens with one attached hydrogen (secondary N) is 2. The van der Waals surface area contributed by atoms with Gasteiger partial charge >= 0.3 is 5.91 Å². The van der Waals surface area contributed by atoms with E-state index >= 15 is 0 Å². The topological polar surface area (TPSA) is 120 Å². The van der Waals surface area contributed by atoms with Crippen LogP contribution in [0.15, 0.2) is 91.3 Å². The Morgan fingerprint density at radius 1 is 0.833 bits per heavy atom. The van der Waals surface area contributed by atoms with Crippen molar-refractivity contribution in [3.05, 3.63) is 108 Å². The summed E-state index contributed by atoms with van der Waals surface area (Å²) in [5, 5.41) is 8.70. The summed E-state index contributed by atoms with van der Waals surface area (Å²) in [7, 11) is 0. The molecule has 10 nitrogen and oxygen atoms in total. The molecule has 0 bridgehead atoms. The van der Waals surface area contributed by atoms with Crippen molar-refractivity contribution >= 4 is 11.8 Å². The molecule has 2 amide bonds. The number of rotatable bonds is 6. The summed E-state index contributed by atoms with van der Waals surface area (Å²) in [6, 6.07) is 24.3. The van der Waals surface area contributed by atoms with Gasteiger partial charge in [0.05, 0.1) is 23.1 Å². The van der Waals surface area contributed by atoms with Gasteiger partial charge in [-0.25, -0.2) is 19.3 Å². The Hall–Kier alpha value is -5.12. The molecule has 0 atom stereocenters. The smallest absolute Gasteiger partial charge is 0.267 e. The second-order valence-corrected chi connectivity index (χ2v) is 7.74. The van der Waals surface area contributed by atoms with Crippen molar-refractivity contribution in [1.82, 2.24) is 40.4 Å². The summed E-state index contributed by atoms with van der Waals surface area (Å²) < 4.78 is 3.20. The highest BCUT2D eigenvalue weighted by Gasteiger charge is 2.21. The largest absolute Gasteiger partial charge is 0.309 e. The van der Waals surface area contributed by atoms with Crippen molar-refractivity contribution in [1.29, 1.82) is 0 Å². The van der Waals surface area contributed by atoms with Crippen molar-refractivity contribution in [2.45, 2.75) is 13.3 Å². The van der Waals surface area contributed by atoms with Gasteiger partial charge in [-0.05, 0) is 30.7 Å². The fourth-order valence-corrected chi connectivity index (χ4v) is 3.75. The number of hydrogen-bond acceptors (Lipinski definition) is 6. The second-order valence-electron chi connectivity index (χ2n) is 7.74. The van der Waals surface area contributed by atoms with Crippen molar-refractivity contribution in [3.8, 4) is 22.9 Å². The van der Waals surface area contributed by atoms with E-state index in [9.17, 15) is 9.59 Å². The lowest BCUT2D eigenvalue weighted by molar-refractivity contribution is 0.0840. The van der Waals surface area contributed by atoms with Gasteiger partial charge in [0.1, 0.15) is 0 Å². The third kappa shape index (κ3) is 4.47. The molecule has 178 valence electrons. The first-order chi connectivity index (χ1) is 17.7. The minimum atomic E-state index is -0.648. The molecular formula is C26H22N8O2. The SMILES string of the molecule is CCc1c(C(=O)NNC(=O)c2nc(-c3ccccc3)n(-c3ccccc3)n2)cnn1-c1ccccn1. The lowest BCUT2D eigenvalue weighted by Gasteiger charge is -2.08. The molecule has 0 aliphatic heterocycles. The molecule has 0 saturated carbocycles. The zero-order valence-corrected chi connectivity index (χ0v) is 19.4. The Labute approximate surface area is 206 Å². The number of hydrogen-bond donors (Lipinski definition) is 2. The molecule has 5 aromatic rings. The number of para-hydroxylation sites is 1. The lowest BCUT2D eigenvalue weighted by atomic mass is 10.2. The molecule has 2 N–H and O–H groups in total. The van der Waals surface area contributed by atoms with Crippen LogP contribution >= 0.6 is 0 Å². The average Bonchev–Trinajstić information content (AvgIpc) is 3.58. The molecule has 0 saturated heterocycles. The monoisotopic (exact) mass is 478 g/mol. The van der Waals surface area contributed by atoms with Crippen molar-refractivity contribution in [2.75, 3.05) is 0 Å². The molecule has 0 aliphatic carbocycles. The Bertz CT molecular complexity index is 1440. The first-order valence-electron chi connectivity index (χ1n) is 11.3. The van der Waals surface area contributed by atoms with Gasteiger partial charge in [-0.1, -0.05) is 61.5 Å². The van der Waals surface area contributed by atoms with Crippen molar-refractivity contribution in [3.63, 3.8) is 0 Å². The number of pyridine rings is 1. The summed E-state index contributed by atoms with van der Waals surface area (Å²) in [4.78, 5) is 34.5. The summed E-state index contributed by atoms with van der Waals surface area (Å²) >= 11 is 0. The number of hydrazine groups is 1. The highest BCUT2D eigenvalue weighted by molar-refractivity contribution is 5.98. The Balaban J connectivity index is 1.37. The van der Waals surface area contributed by atoms with E-state index in [4.69, 9.17) is 0 Å². The molecule has 0 radical (unpaired) electrons. The van der Waals surface area contributed by atoms with Crippen LogP contribution in [-0.2, 0) is 6.42 Å². The highest BCUT2D eigenvalue weighted by Crippen LogP contribution is 2.21. The fraction of sp³-hybridized carbons (Fsp3) is 0.0769. The summed E-state index contributed by atoms with van der Waals surface area (Å²) in [6.07, 6.45) is 3.64. The van der Waals surface area contributed by atoms with Crippen LogP contribution in [-0.4, -0.2) is 41.3 Å². The van der Waals surface area contributed by atoms with Gasteiger partial charge in [0.15, 0.2) is 11.6 Å². The number of carbonyl (C=O) groups is 2. The Kier molecular flexibility index (Phi) is 6.31. The molecule has 0 unspecified atom stereocenters. The number of carbonyl (C=O) groups excluding carboxylic acids is 2. The van der Waals surface area contributed by atoms with E-state index < -0.39 is 11.8 Å². The van der Waals surface area contributed by atoms with Crippen LogP contribution in [0.2, 0.25) is 0 Å².